The molecule has 0 radical (unpaired) electrons. The summed E-state index contributed by atoms with van der Waals surface area (Å²) < 4.78 is 10.3. The largest absolute Gasteiger partial charge is 0.382 e. The van der Waals surface area contributed by atoms with Crippen LogP contribution in [0.5, 0.6) is 0 Å². The van der Waals surface area contributed by atoms with Gasteiger partial charge in [0.05, 0.1) is 13.2 Å². The lowest BCUT2D eigenvalue weighted by Gasteiger charge is -2.05. The predicted octanol–water partition coefficient (Wildman–Crippen LogP) is 2.60. The first-order valence-electron chi connectivity index (χ1n) is 6.69. The second kappa shape index (κ2) is 14.9. The third-order valence-corrected chi connectivity index (χ3v) is 2.53. The van der Waals surface area contributed by atoms with Crippen molar-refractivity contribution in [3.05, 3.63) is 0 Å². The second-order valence-corrected chi connectivity index (χ2v) is 4.12. The Labute approximate surface area is 101 Å². The third kappa shape index (κ3) is 13.9. The Hall–Kier alpha value is -0.120. The van der Waals surface area contributed by atoms with Gasteiger partial charge in [0.15, 0.2) is 0 Å². The number of rotatable bonds is 13. The molecule has 0 aliphatic carbocycles. The van der Waals surface area contributed by atoms with Crippen molar-refractivity contribution in [3.63, 3.8) is 0 Å². The summed E-state index contributed by atoms with van der Waals surface area (Å²) in [4.78, 5) is 0. The molecule has 3 nitrogen and oxygen atoms in total. The molecule has 0 rings (SSSR count). The molecule has 0 saturated carbocycles. The first kappa shape index (κ1) is 15.9. The van der Waals surface area contributed by atoms with Gasteiger partial charge in [0, 0.05) is 13.7 Å². The van der Waals surface area contributed by atoms with E-state index in [0.717, 1.165) is 26.1 Å². The molecule has 3 heteroatoms. The van der Waals surface area contributed by atoms with Gasteiger partial charge in [-0.2, -0.15) is 0 Å². The number of ether oxygens (including phenoxy) is 2. The van der Waals surface area contributed by atoms with Crippen LogP contribution in [-0.2, 0) is 9.47 Å². The summed E-state index contributed by atoms with van der Waals surface area (Å²) >= 11 is 0. The molecule has 0 heterocycles. The molecule has 0 aliphatic rings. The zero-order valence-corrected chi connectivity index (χ0v) is 11.1. The Morgan fingerprint density at radius 3 is 2.31 bits per heavy atom. The Morgan fingerprint density at radius 1 is 0.812 bits per heavy atom. The Kier molecular flexibility index (Phi) is 14.8. The van der Waals surface area contributed by atoms with Gasteiger partial charge in [-0.15, -0.1) is 0 Å². The molecule has 0 saturated heterocycles. The van der Waals surface area contributed by atoms with Gasteiger partial charge in [0.1, 0.15) is 0 Å². The number of hydrogen-bond donors (Lipinski definition) is 1. The first-order chi connectivity index (χ1) is 7.91. The van der Waals surface area contributed by atoms with Crippen molar-refractivity contribution in [2.45, 2.75) is 45.4 Å². The summed E-state index contributed by atoms with van der Waals surface area (Å²) in [6.45, 7) is 6.73. The van der Waals surface area contributed by atoms with Gasteiger partial charge in [-0.25, -0.2) is 0 Å². The topological polar surface area (TPSA) is 30.5 Å². The highest BCUT2D eigenvalue weighted by Gasteiger charge is 1.91. The SMILES string of the molecule is CCCCCCCNCCCOCCOC. The quantitative estimate of drug-likeness (QED) is 0.494. The van der Waals surface area contributed by atoms with Crippen LogP contribution in [0.25, 0.3) is 0 Å². The van der Waals surface area contributed by atoms with Crippen LogP contribution in [0.15, 0.2) is 0 Å². The summed E-state index contributed by atoms with van der Waals surface area (Å²) in [5.74, 6) is 0. The molecular weight excluding hydrogens is 202 g/mol. The lowest BCUT2D eigenvalue weighted by Crippen LogP contribution is -2.18. The van der Waals surface area contributed by atoms with Gasteiger partial charge in [-0.1, -0.05) is 32.6 Å². The van der Waals surface area contributed by atoms with E-state index in [4.69, 9.17) is 9.47 Å². The third-order valence-electron chi connectivity index (χ3n) is 2.53. The molecule has 16 heavy (non-hydrogen) atoms. The zero-order chi connectivity index (χ0) is 11.9. The smallest absolute Gasteiger partial charge is 0.0700 e. The Morgan fingerprint density at radius 2 is 1.56 bits per heavy atom. The van der Waals surface area contributed by atoms with E-state index in [-0.39, 0.29) is 0 Å². The number of unbranched alkanes of at least 4 members (excludes halogenated alkanes) is 4. The van der Waals surface area contributed by atoms with Gasteiger partial charge in [-0.05, 0) is 25.9 Å². The van der Waals surface area contributed by atoms with Crippen molar-refractivity contribution >= 4 is 0 Å². The van der Waals surface area contributed by atoms with E-state index < -0.39 is 0 Å². The van der Waals surface area contributed by atoms with Gasteiger partial charge < -0.3 is 14.8 Å². The van der Waals surface area contributed by atoms with Crippen molar-refractivity contribution in [3.8, 4) is 0 Å². The van der Waals surface area contributed by atoms with E-state index in [2.05, 4.69) is 12.2 Å². The summed E-state index contributed by atoms with van der Waals surface area (Å²) in [6.07, 6.45) is 7.87. The fourth-order valence-electron chi connectivity index (χ4n) is 1.52. The van der Waals surface area contributed by atoms with Crippen LogP contribution in [0.1, 0.15) is 45.4 Å². The highest BCUT2D eigenvalue weighted by Crippen LogP contribution is 2.00. The van der Waals surface area contributed by atoms with E-state index in [1.165, 1.54) is 32.1 Å². The van der Waals surface area contributed by atoms with Crippen LogP contribution in [0.2, 0.25) is 0 Å². The number of hydrogen-bond acceptors (Lipinski definition) is 3. The monoisotopic (exact) mass is 231 g/mol. The summed E-state index contributed by atoms with van der Waals surface area (Å²) in [6, 6.07) is 0. The van der Waals surface area contributed by atoms with Crippen LogP contribution >= 0.6 is 0 Å². The van der Waals surface area contributed by atoms with E-state index in [9.17, 15) is 0 Å². The van der Waals surface area contributed by atoms with E-state index in [1.54, 1.807) is 7.11 Å². The molecule has 0 unspecified atom stereocenters. The lowest BCUT2D eigenvalue weighted by molar-refractivity contribution is 0.0695. The van der Waals surface area contributed by atoms with Crippen molar-refractivity contribution < 1.29 is 9.47 Å². The normalized spacial score (nSPS) is 10.9. The highest BCUT2D eigenvalue weighted by atomic mass is 16.5. The summed E-state index contributed by atoms with van der Waals surface area (Å²) in [7, 11) is 1.70. The van der Waals surface area contributed by atoms with Crippen LogP contribution in [0, 0.1) is 0 Å². The van der Waals surface area contributed by atoms with Crippen molar-refractivity contribution in [2.75, 3.05) is 40.0 Å². The average molecular weight is 231 g/mol. The molecule has 0 spiro atoms. The molecule has 0 atom stereocenters. The van der Waals surface area contributed by atoms with Crippen molar-refractivity contribution in [1.29, 1.82) is 0 Å². The number of nitrogens with one attached hydrogen (secondary N) is 1. The zero-order valence-electron chi connectivity index (χ0n) is 11.1. The second-order valence-electron chi connectivity index (χ2n) is 4.12. The maximum absolute atomic E-state index is 5.37. The highest BCUT2D eigenvalue weighted by molar-refractivity contribution is 4.49. The van der Waals surface area contributed by atoms with E-state index >= 15 is 0 Å². The van der Waals surface area contributed by atoms with Crippen molar-refractivity contribution in [1.82, 2.24) is 5.32 Å². The molecular formula is C13H29NO2. The fraction of sp³-hybridized carbons (Fsp3) is 1.00. The lowest BCUT2D eigenvalue weighted by atomic mass is 10.1. The minimum absolute atomic E-state index is 0.699. The molecule has 0 aromatic rings. The maximum Gasteiger partial charge on any atom is 0.0700 e. The van der Waals surface area contributed by atoms with Crippen LogP contribution in [0.4, 0.5) is 0 Å². The molecule has 0 fully saturated rings. The molecule has 0 aromatic carbocycles. The van der Waals surface area contributed by atoms with Gasteiger partial charge in [0.2, 0.25) is 0 Å². The first-order valence-corrected chi connectivity index (χ1v) is 6.69. The van der Waals surface area contributed by atoms with Gasteiger partial charge in [0.25, 0.3) is 0 Å². The predicted molar refractivity (Wildman–Crippen MR) is 68.9 cm³/mol. The fourth-order valence-corrected chi connectivity index (χ4v) is 1.52. The Bertz CT molecular complexity index is 107. The molecule has 0 amide bonds. The molecule has 0 aromatic heterocycles. The van der Waals surface area contributed by atoms with E-state index in [1.807, 2.05) is 0 Å². The average Bonchev–Trinajstić information content (AvgIpc) is 2.31. The van der Waals surface area contributed by atoms with Gasteiger partial charge in [-0.3, -0.25) is 0 Å². The maximum atomic E-state index is 5.37. The summed E-state index contributed by atoms with van der Waals surface area (Å²) in [5, 5.41) is 3.44. The molecule has 98 valence electrons. The van der Waals surface area contributed by atoms with E-state index in [0.29, 0.717) is 13.2 Å². The minimum Gasteiger partial charge on any atom is -0.382 e. The van der Waals surface area contributed by atoms with Gasteiger partial charge >= 0.3 is 0 Å². The summed E-state index contributed by atoms with van der Waals surface area (Å²) in [5.41, 5.74) is 0. The molecule has 0 bridgehead atoms. The van der Waals surface area contributed by atoms with Crippen molar-refractivity contribution in [2.24, 2.45) is 0 Å². The van der Waals surface area contributed by atoms with Crippen LogP contribution in [-0.4, -0.2) is 40.0 Å². The Balaban J connectivity index is 2.83. The van der Waals surface area contributed by atoms with Crippen LogP contribution < -0.4 is 5.32 Å². The standard InChI is InChI=1S/C13H29NO2/c1-3-4-5-6-7-9-14-10-8-11-16-13-12-15-2/h14H,3-13H2,1-2H3. The minimum atomic E-state index is 0.699. The molecule has 1 N–H and O–H groups in total. The van der Waals surface area contributed by atoms with Crippen LogP contribution in [0.3, 0.4) is 0 Å². The number of methoxy groups -OCH3 is 1. The molecule has 0 aliphatic heterocycles.